The smallest absolute Gasteiger partial charge is 0.264 e. The summed E-state index contributed by atoms with van der Waals surface area (Å²) in [7, 11) is 1.67. The molecule has 0 bridgehead atoms. The number of carbonyl (C=O) groups is 1. The monoisotopic (exact) mass is 447 g/mol. The van der Waals surface area contributed by atoms with Gasteiger partial charge in [-0.25, -0.2) is 4.99 Å². The third-order valence-electron chi connectivity index (χ3n) is 5.85. The number of methoxy groups -OCH3 is 1. The number of benzene rings is 2. The maximum absolute atomic E-state index is 12.6. The lowest BCUT2D eigenvalue weighted by molar-refractivity contribution is -0.115. The summed E-state index contributed by atoms with van der Waals surface area (Å²) in [6, 6.07) is 12.1. The third kappa shape index (κ3) is 4.19. The lowest BCUT2D eigenvalue weighted by Crippen LogP contribution is -2.44. The van der Waals surface area contributed by atoms with E-state index in [1.165, 1.54) is 22.9 Å². The number of aryl methyl sites for hydroxylation is 1. The fourth-order valence-electron chi connectivity index (χ4n) is 4.35. The van der Waals surface area contributed by atoms with Crippen LogP contribution in [0.4, 0.5) is 11.4 Å². The van der Waals surface area contributed by atoms with Crippen molar-refractivity contribution in [3.8, 4) is 5.75 Å². The summed E-state index contributed by atoms with van der Waals surface area (Å²) < 4.78 is 5.72. The number of amides is 1. The molecule has 0 aromatic heterocycles. The van der Waals surface area contributed by atoms with Crippen molar-refractivity contribution in [2.75, 3.05) is 18.6 Å². The van der Waals surface area contributed by atoms with Gasteiger partial charge in [0.15, 0.2) is 5.17 Å². The first-order chi connectivity index (χ1) is 15.2. The molecule has 32 heavy (non-hydrogen) atoms. The van der Waals surface area contributed by atoms with Crippen molar-refractivity contribution in [3.05, 3.63) is 64.1 Å². The molecule has 5 nitrogen and oxygen atoms in total. The summed E-state index contributed by atoms with van der Waals surface area (Å²) in [5, 5.41) is 3.45. The minimum atomic E-state index is -0.149. The van der Waals surface area contributed by atoms with E-state index in [1.807, 2.05) is 37.3 Å². The molecule has 0 spiro atoms. The van der Waals surface area contributed by atoms with Gasteiger partial charge in [0.05, 0.1) is 23.2 Å². The Balaban J connectivity index is 1.71. The van der Waals surface area contributed by atoms with Gasteiger partial charge < -0.3 is 15.0 Å². The van der Waals surface area contributed by atoms with Crippen LogP contribution in [0.2, 0.25) is 0 Å². The molecule has 6 heteroatoms. The quantitative estimate of drug-likeness (QED) is 0.592. The Morgan fingerprint density at radius 2 is 1.91 bits per heavy atom. The van der Waals surface area contributed by atoms with Crippen LogP contribution in [-0.2, 0) is 4.79 Å². The van der Waals surface area contributed by atoms with E-state index in [4.69, 9.17) is 4.74 Å². The van der Waals surface area contributed by atoms with Crippen molar-refractivity contribution >= 4 is 45.9 Å². The zero-order valence-electron chi connectivity index (χ0n) is 19.4. The molecule has 0 saturated carbocycles. The Kier molecular flexibility index (Phi) is 5.91. The van der Waals surface area contributed by atoms with Gasteiger partial charge >= 0.3 is 0 Å². The van der Waals surface area contributed by atoms with Crippen LogP contribution in [0.25, 0.3) is 11.6 Å². The SMILES string of the molecule is CCN1c2cc(OC)c(/C=C3/SC(=Nc4ccc(C)cc4)NC3=O)cc2C(C)=CC1(C)C. The van der Waals surface area contributed by atoms with Crippen LogP contribution >= 0.6 is 11.8 Å². The maximum Gasteiger partial charge on any atom is 0.264 e. The van der Waals surface area contributed by atoms with Crippen LogP contribution in [0.5, 0.6) is 5.75 Å². The maximum atomic E-state index is 12.6. The number of fused-ring (bicyclic) bond motifs is 1. The second-order valence-corrected chi connectivity index (χ2v) is 9.68. The zero-order chi connectivity index (χ0) is 23.0. The van der Waals surface area contributed by atoms with Crippen molar-refractivity contribution in [1.29, 1.82) is 0 Å². The number of likely N-dealkylation sites (N-methyl/N-ethyl adjacent to an activating group) is 1. The average Bonchev–Trinajstić information content (AvgIpc) is 3.08. The van der Waals surface area contributed by atoms with Crippen LogP contribution in [0, 0.1) is 6.92 Å². The number of hydrogen-bond acceptors (Lipinski definition) is 5. The van der Waals surface area contributed by atoms with Crippen LogP contribution in [0.15, 0.2) is 52.4 Å². The molecule has 1 N–H and O–H groups in total. The molecule has 1 fully saturated rings. The van der Waals surface area contributed by atoms with Crippen LogP contribution in [0.1, 0.15) is 44.4 Å². The van der Waals surface area contributed by atoms with Gasteiger partial charge in [-0.1, -0.05) is 23.8 Å². The first kappa shape index (κ1) is 22.2. The highest BCUT2D eigenvalue weighted by molar-refractivity contribution is 8.18. The summed E-state index contributed by atoms with van der Waals surface area (Å²) >= 11 is 1.34. The summed E-state index contributed by atoms with van der Waals surface area (Å²) in [5.74, 6) is 0.599. The molecule has 1 amide bonds. The Morgan fingerprint density at radius 3 is 2.56 bits per heavy atom. The summed E-state index contributed by atoms with van der Waals surface area (Å²) in [4.78, 5) is 20.2. The highest BCUT2D eigenvalue weighted by atomic mass is 32.2. The standard InChI is InChI=1S/C26H29N3O2S/c1-7-29-21-14-22(31-6)18(12-20(21)17(3)15-26(29,4)5)13-23-24(30)28-25(32-23)27-19-10-8-16(2)9-11-19/h8-15H,7H2,1-6H3,(H,27,28,30)/b23-13+. The number of anilines is 1. The number of nitrogens with one attached hydrogen (secondary N) is 1. The number of thioether (sulfide) groups is 1. The Morgan fingerprint density at radius 1 is 1.19 bits per heavy atom. The lowest BCUT2D eigenvalue weighted by Gasteiger charge is -2.43. The van der Waals surface area contributed by atoms with Crippen molar-refractivity contribution in [1.82, 2.24) is 5.32 Å². The second-order valence-electron chi connectivity index (χ2n) is 8.65. The van der Waals surface area contributed by atoms with Crippen LogP contribution in [0.3, 0.4) is 0 Å². The van der Waals surface area contributed by atoms with Crippen LogP contribution in [-0.4, -0.2) is 30.3 Å². The highest BCUT2D eigenvalue weighted by Crippen LogP contribution is 2.43. The van der Waals surface area contributed by atoms with E-state index in [2.05, 4.69) is 61.1 Å². The zero-order valence-corrected chi connectivity index (χ0v) is 20.3. The molecular formula is C26H29N3O2S. The van der Waals surface area contributed by atoms with Gasteiger partial charge in [-0.3, -0.25) is 4.79 Å². The van der Waals surface area contributed by atoms with Gasteiger partial charge in [-0.15, -0.1) is 0 Å². The van der Waals surface area contributed by atoms with E-state index in [9.17, 15) is 4.79 Å². The molecule has 0 atom stereocenters. The Hall–Kier alpha value is -2.99. The number of ether oxygens (including phenoxy) is 1. The van der Waals surface area contributed by atoms with Gasteiger partial charge in [-0.2, -0.15) is 0 Å². The molecule has 1 saturated heterocycles. The molecule has 2 aromatic rings. The number of hydrogen-bond donors (Lipinski definition) is 1. The van der Waals surface area contributed by atoms with E-state index < -0.39 is 0 Å². The molecule has 2 aliphatic rings. The molecule has 2 heterocycles. The van der Waals surface area contributed by atoms with Gasteiger partial charge in [-0.05, 0) is 76.2 Å². The lowest BCUT2D eigenvalue weighted by atomic mass is 9.87. The van der Waals surface area contributed by atoms with Crippen molar-refractivity contribution < 1.29 is 9.53 Å². The van der Waals surface area contributed by atoms with Crippen LogP contribution < -0.4 is 15.0 Å². The number of rotatable bonds is 4. The predicted molar refractivity (Wildman–Crippen MR) is 136 cm³/mol. The first-order valence-electron chi connectivity index (χ1n) is 10.8. The molecule has 4 rings (SSSR count). The summed E-state index contributed by atoms with van der Waals surface area (Å²) in [5.41, 5.74) is 6.34. The largest absolute Gasteiger partial charge is 0.496 e. The summed E-state index contributed by atoms with van der Waals surface area (Å²) in [6.07, 6.45) is 4.19. The molecule has 2 aliphatic heterocycles. The van der Waals surface area contributed by atoms with E-state index in [-0.39, 0.29) is 11.4 Å². The van der Waals surface area contributed by atoms with Crippen molar-refractivity contribution in [2.24, 2.45) is 4.99 Å². The van der Waals surface area contributed by atoms with E-state index in [0.29, 0.717) is 10.1 Å². The second kappa shape index (κ2) is 8.51. The van der Waals surface area contributed by atoms with E-state index in [1.54, 1.807) is 7.11 Å². The minimum Gasteiger partial charge on any atom is -0.496 e. The number of allylic oxidation sites excluding steroid dienone is 1. The normalized spacial score (nSPS) is 19.8. The first-order valence-corrected chi connectivity index (χ1v) is 11.6. The number of nitrogens with zero attached hydrogens (tertiary/aromatic N) is 2. The average molecular weight is 448 g/mol. The molecule has 0 radical (unpaired) electrons. The van der Waals surface area contributed by atoms with E-state index >= 15 is 0 Å². The number of amidine groups is 1. The Bertz CT molecular complexity index is 1160. The third-order valence-corrected chi connectivity index (χ3v) is 6.76. The molecular weight excluding hydrogens is 418 g/mol. The van der Waals surface area contributed by atoms with Gasteiger partial charge in [0.1, 0.15) is 5.75 Å². The van der Waals surface area contributed by atoms with E-state index in [0.717, 1.165) is 34.8 Å². The topological polar surface area (TPSA) is 53.9 Å². The van der Waals surface area contributed by atoms with Crippen molar-refractivity contribution in [3.63, 3.8) is 0 Å². The molecule has 2 aromatic carbocycles. The van der Waals surface area contributed by atoms with Gasteiger partial charge in [0.2, 0.25) is 0 Å². The molecule has 166 valence electrons. The fraction of sp³-hybridized carbons (Fsp3) is 0.308. The molecule has 0 unspecified atom stereocenters. The predicted octanol–water partition coefficient (Wildman–Crippen LogP) is 5.92. The van der Waals surface area contributed by atoms with Gasteiger partial charge in [0.25, 0.3) is 5.91 Å². The Labute approximate surface area is 194 Å². The fourth-order valence-corrected chi connectivity index (χ4v) is 5.18. The number of aliphatic imine (C=N–C) groups is 1. The van der Waals surface area contributed by atoms with Crippen molar-refractivity contribution in [2.45, 2.75) is 40.2 Å². The highest BCUT2D eigenvalue weighted by Gasteiger charge is 2.31. The summed E-state index contributed by atoms with van der Waals surface area (Å²) in [6.45, 7) is 11.7. The molecule has 0 aliphatic carbocycles. The number of carbonyl (C=O) groups excluding carboxylic acids is 1. The minimum absolute atomic E-state index is 0.0701. The van der Waals surface area contributed by atoms with Gasteiger partial charge in [0, 0.05) is 29.4 Å².